The van der Waals surface area contributed by atoms with E-state index in [9.17, 15) is 13.2 Å². The van der Waals surface area contributed by atoms with Gasteiger partial charge in [0.15, 0.2) is 0 Å². The highest BCUT2D eigenvalue weighted by molar-refractivity contribution is 5.27. The van der Waals surface area contributed by atoms with E-state index in [1.165, 1.54) is 37.8 Å². The second kappa shape index (κ2) is 5.95. The van der Waals surface area contributed by atoms with Gasteiger partial charge >= 0.3 is 6.18 Å². The predicted molar refractivity (Wildman–Crippen MR) is 69.6 cm³/mol. The molecule has 1 fully saturated rings. The first-order valence-corrected chi connectivity index (χ1v) is 6.89. The number of hydrogen-bond acceptors (Lipinski definition) is 1. The van der Waals surface area contributed by atoms with Crippen molar-refractivity contribution < 1.29 is 13.2 Å². The van der Waals surface area contributed by atoms with Crippen molar-refractivity contribution in [3.63, 3.8) is 0 Å². The molecular formula is C15H20F3N. The Kier molecular flexibility index (Phi) is 4.50. The molecule has 2 N–H and O–H groups in total. The molecule has 19 heavy (non-hydrogen) atoms. The molecule has 0 radical (unpaired) electrons. The second-order valence-electron chi connectivity index (χ2n) is 5.46. The number of rotatable bonds is 4. The fourth-order valence-corrected chi connectivity index (χ4v) is 2.83. The van der Waals surface area contributed by atoms with Crippen molar-refractivity contribution in [1.29, 1.82) is 0 Å². The number of benzene rings is 1. The van der Waals surface area contributed by atoms with Gasteiger partial charge in [-0.05, 0) is 36.5 Å². The Labute approximate surface area is 112 Å². The summed E-state index contributed by atoms with van der Waals surface area (Å²) in [5.74, 6) is 0.719. The van der Waals surface area contributed by atoms with Crippen molar-refractivity contribution in [1.82, 2.24) is 0 Å². The van der Waals surface area contributed by atoms with Crippen molar-refractivity contribution in [3.05, 3.63) is 35.4 Å². The van der Waals surface area contributed by atoms with Gasteiger partial charge in [-0.3, -0.25) is 0 Å². The van der Waals surface area contributed by atoms with Gasteiger partial charge in [-0.2, -0.15) is 13.2 Å². The minimum Gasteiger partial charge on any atom is -0.324 e. The Morgan fingerprint density at radius 3 is 2.53 bits per heavy atom. The molecule has 1 aromatic carbocycles. The molecule has 1 unspecified atom stereocenters. The summed E-state index contributed by atoms with van der Waals surface area (Å²) in [5, 5.41) is 0. The summed E-state index contributed by atoms with van der Waals surface area (Å²) in [6.45, 7) is 0. The number of halogens is 3. The van der Waals surface area contributed by atoms with Crippen molar-refractivity contribution >= 4 is 0 Å². The monoisotopic (exact) mass is 271 g/mol. The lowest BCUT2D eigenvalue weighted by atomic mass is 9.94. The zero-order chi connectivity index (χ0) is 13.9. The van der Waals surface area contributed by atoms with Gasteiger partial charge in [0.1, 0.15) is 0 Å². The first-order chi connectivity index (χ1) is 8.97. The van der Waals surface area contributed by atoms with E-state index in [-0.39, 0.29) is 6.04 Å². The second-order valence-corrected chi connectivity index (χ2v) is 5.46. The Bertz CT molecular complexity index is 408. The Morgan fingerprint density at radius 1 is 1.21 bits per heavy atom. The van der Waals surface area contributed by atoms with E-state index in [0.717, 1.165) is 24.8 Å². The third-order valence-electron chi connectivity index (χ3n) is 4.00. The maximum atomic E-state index is 12.6. The third kappa shape index (κ3) is 3.96. The molecule has 2 rings (SSSR count). The summed E-state index contributed by atoms with van der Waals surface area (Å²) in [5.41, 5.74) is 6.00. The normalized spacial score (nSPS) is 18.7. The topological polar surface area (TPSA) is 26.0 Å². The smallest absolute Gasteiger partial charge is 0.324 e. The zero-order valence-corrected chi connectivity index (χ0v) is 10.9. The van der Waals surface area contributed by atoms with Crippen LogP contribution in [0.1, 0.15) is 55.7 Å². The largest absolute Gasteiger partial charge is 0.416 e. The summed E-state index contributed by atoms with van der Waals surface area (Å²) < 4.78 is 37.9. The summed E-state index contributed by atoms with van der Waals surface area (Å²) in [7, 11) is 0. The molecule has 4 heteroatoms. The molecule has 0 amide bonds. The molecule has 1 atom stereocenters. The number of nitrogens with two attached hydrogens (primary N) is 1. The standard InChI is InChI=1S/C15H20F3N/c16-15(17,18)13-7-3-6-12(10-13)14(19)9-8-11-4-1-2-5-11/h3,6-7,10-11,14H,1-2,4-5,8-9,19H2. The Hall–Kier alpha value is -1.03. The Morgan fingerprint density at radius 2 is 1.89 bits per heavy atom. The highest BCUT2D eigenvalue weighted by atomic mass is 19.4. The SMILES string of the molecule is NC(CCC1CCCC1)c1cccc(C(F)(F)F)c1. The summed E-state index contributed by atoms with van der Waals surface area (Å²) in [6, 6.07) is 5.11. The fraction of sp³-hybridized carbons (Fsp3) is 0.600. The van der Waals surface area contributed by atoms with Crippen molar-refractivity contribution in [3.8, 4) is 0 Å². The fourth-order valence-electron chi connectivity index (χ4n) is 2.83. The van der Waals surface area contributed by atoms with Crippen LogP contribution in [0.15, 0.2) is 24.3 Å². The van der Waals surface area contributed by atoms with Gasteiger partial charge in [-0.25, -0.2) is 0 Å². The predicted octanol–water partition coefficient (Wildman–Crippen LogP) is 4.68. The highest BCUT2D eigenvalue weighted by Crippen LogP contribution is 2.33. The van der Waals surface area contributed by atoms with Gasteiger partial charge in [0.05, 0.1) is 5.56 Å². The van der Waals surface area contributed by atoms with Crippen LogP contribution in [0, 0.1) is 5.92 Å². The van der Waals surface area contributed by atoms with Gasteiger partial charge < -0.3 is 5.73 Å². The van der Waals surface area contributed by atoms with Crippen LogP contribution in [-0.2, 0) is 6.18 Å². The van der Waals surface area contributed by atoms with Crippen molar-refractivity contribution in [2.24, 2.45) is 11.7 Å². The summed E-state index contributed by atoms with van der Waals surface area (Å²) >= 11 is 0. The van der Waals surface area contributed by atoms with E-state index < -0.39 is 11.7 Å². The van der Waals surface area contributed by atoms with Crippen LogP contribution in [0.3, 0.4) is 0 Å². The van der Waals surface area contributed by atoms with Gasteiger partial charge in [-0.1, -0.05) is 37.8 Å². The van der Waals surface area contributed by atoms with E-state index in [4.69, 9.17) is 5.73 Å². The van der Waals surface area contributed by atoms with Crippen LogP contribution in [0.5, 0.6) is 0 Å². The maximum Gasteiger partial charge on any atom is 0.416 e. The van der Waals surface area contributed by atoms with E-state index in [1.54, 1.807) is 6.07 Å². The van der Waals surface area contributed by atoms with Gasteiger partial charge in [0.25, 0.3) is 0 Å². The van der Waals surface area contributed by atoms with Crippen molar-refractivity contribution in [2.75, 3.05) is 0 Å². The molecule has 1 aliphatic carbocycles. The Balaban J connectivity index is 1.96. The lowest BCUT2D eigenvalue weighted by molar-refractivity contribution is -0.137. The van der Waals surface area contributed by atoms with Crippen LogP contribution in [0.4, 0.5) is 13.2 Å². The van der Waals surface area contributed by atoms with Crippen LogP contribution in [-0.4, -0.2) is 0 Å². The molecule has 0 saturated heterocycles. The molecule has 106 valence electrons. The minimum atomic E-state index is -4.29. The first kappa shape index (κ1) is 14.4. The molecule has 1 aliphatic rings. The molecule has 0 aliphatic heterocycles. The van der Waals surface area contributed by atoms with Crippen LogP contribution >= 0.6 is 0 Å². The molecule has 1 aromatic rings. The molecule has 0 bridgehead atoms. The molecule has 0 aromatic heterocycles. The minimum absolute atomic E-state index is 0.289. The van der Waals surface area contributed by atoms with Gasteiger partial charge in [-0.15, -0.1) is 0 Å². The summed E-state index contributed by atoms with van der Waals surface area (Å²) in [6.07, 6.45) is 2.56. The highest BCUT2D eigenvalue weighted by Gasteiger charge is 2.30. The average molecular weight is 271 g/mol. The van der Waals surface area contributed by atoms with Gasteiger partial charge in [0, 0.05) is 6.04 Å². The molecule has 1 nitrogen and oxygen atoms in total. The van der Waals surface area contributed by atoms with Gasteiger partial charge in [0.2, 0.25) is 0 Å². The van der Waals surface area contributed by atoms with E-state index in [2.05, 4.69) is 0 Å². The molecule has 1 saturated carbocycles. The molecule has 0 spiro atoms. The number of hydrogen-bond donors (Lipinski definition) is 1. The molecular weight excluding hydrogens is 251 g/mol. The first-order valence-electron chi connectivity index (χ1n) is 6.89. The van der Waals surface area contributed by atoms with E-state index in [0.29, 0.717) is 5.56 Å². The summed E-state index contributed by atoms with van der Waals surface area (Å²) in [4.78, 5) is 0. The van der Waals surface area contributed by atoms with Crippen molar-refractivity contribution in [2.45, 2.75) is 50.7 Å². The van der Waals surface area contributed by atoms with Crippen LogP contribution in [0.25, 0.3) is 0 Å². The average Bonchev–Trinajstić information content (AvgIpc) is 2.88. The number of alkyl halides is 3. The maximum absolute atomic E-state index is 12.6. The van der Waals surface area contributed by atoms with E-state index in [1.807, 2.05) is 0 Å². The molecule has 0 heterocycles. The van der Waals surface area contributed by atoms with Crippen LogP contribution < -0.4 is 5.73 Å². The quantitative estimate of drug-likeness (QED) is 0.845. The van der Waals surface area contributed by atoms with Crippen LogP contribution in [0.2, 0.25) is 0 Å². The lowest BCUT2D eigenvalue weighted by Gasteiger charge is -2.16. The zero-order valence-electron chi connectivity index (χ0n) is 10.9. The van der Waals surface area contributed by atoms with E-state index >= 15 is 0 Å². The lowest BCUT2D eigenvalue weighted by Crippen LogP contribution is -2.13. The third-order valence-corrected chi connectivity index (χ3v) is 4.00.